The maximum Gasteiger partial charge on any atom is 0.388 e. The summed E-state index contributed by atoms with van der Waals surface area (Å²) >= 11 is 0. The van der Waals surface area contributed by atoms with Crippen LogP contribution in [0.2, 0.25) is 0 Å². The van der Waals surface area contributed by atoms with Gasteiger partial charge in [-0.15, -0.1) is 0 Å². The standard InChI is InChI=1S/C21H24F2N2O4/c1-27-17-9-5-10-18(28-2)20(17)16-8-4-7-15(13-26)25(16)12-14-6-3-11-19(24-14)29-21(22)23/h3,5-6,9-11,13,15-16,21H,4,7-8,12H2,1-2H3. The third-order valence-corrected chi connectivity index (χ3v) is 5.10. The van der Waals surface area contributed by atoms with E-state index in [0.29, 0.717) is 30.2 Å². The molecular formula is C21H24F2N2O4. The summed E-state index contributed by atoms with van der Waals surface area (Å²) in [4.78, 5) is 18.0. The summed E-state index contributed by atoms with van der Waals surface area (Å²) in [7, 11) is 3.19. The highest BCUT2D eigenvalue weighted by atomic mass is 19.3. The molecule has 1 aromatic heterocycles. The second-order valence-corrected chi connectivity index (χ2v) is 6.74. The average molecular weight is 406 g/mol. The van der Waals surface area contributed by atoms with Gasteiger partial charge in [0.05, 0.1) is 31.5 Å². The average Bonchev–Trinajstić information content (AvgIpc) is 2.73. The first-order valence-electron chi connectivity index (χ1n) is 9.40. The fraction of sp³-hybridized carbons (Fsp3) is 0.429. The van der Waals surface area contributed by atoms with Gasteiger partial charge < -0.3 is 19.0 Å². The Kier molecular flexibility index (Phi) is 6.98. The van der Waals surface area contributed by atoms with E-state index in [1.165, 1.54) is 6.07 Å². The highest BCUT2D eigenvalue weighted by molar-refractivity contribution is 5.58. The molecule has 1 saturated heterocycles. The summed E-state index contributed by atoms with van der Waals surface area (Å²) in [5.41, 5.74) is 1.40. The zero-order chi connectivity index (χ0) is 20.8. The van der Waals surface area contributed by atoms with Crippen LogP contribution >= 0.6 is 0 Å². The number of rotatable bonds is 8. The number of aromatic nitrogens is 1. The number of pyridine rings is 1. The molecule has 8 heteroatoms. The van der Waals surface area contributed by atoms with E-state index < -0.39 is 6.61 Å². The van der Waals surface area contributed by atoms with Gasteiger partial charge in [-0.2, -0.15) is 8.78 Å². The number of carbonyl (C=O) groups excluding carboxylic acids is 1. The Morgan fingerprint density at radius 2 is 1.83 bits per heavy atom. The van der Waals surface area contributed by atoms with Gasteiger partial charge in [-0.1, -0.05) is 12.1 Å². The second-order valence-electron chi connectivity index (χ2n) is 6.74. The molecule has 0 aliphatic carbocycles. The monoisotopic (exact) mass is 406 g/mol. The molecule has 0 N–H and O–H groups in total. The Bertz CT molecular complexity index is 812. The third-order valence-electron chi connectivity index (χ3n) is 5.10. The van der Waals surface area contributed by atoms with Gasteiger partial charge >= 0.3 is 6.61 Å². The van der Waals surface area contributed by atoms with Gasteiger partial charge in [-0.3, -0.25) is 4.90 Å². The Morgan fingerprint density at radius 1 is 1.14 bits per heavy atom. The molecule has 0 bridgehead atoms. The van der Waals surface area contributed by atoms with Gasteiger partial charge in [0, 0.05) is 18.7 Å². The number of likely N-dealkylation sites (tertiary alicyclic amines) is 1. The molecule has 0 saturated carbocycles. The maximum absolute atomic E-state index is 12.5. The number of methoxy groups -OCH3 is 2. The Morgan fingerprint density at radius 3 is 2.45 bits per heavy atom. The first kappa shape index (κ1) is 21.0. The van der Waals surface area contributed by atoms with Crippen LogP contribution in [0.5, 0.6) is 17.4 Å². The van der Waals surface area contributed by atoms with Crippen molar-refractivity contribution in [3.63, 3.8) is 0 Å². The smallest absolute Gasteiger partial charge is 0.388 e. The molecule has 1 aromatic carbocycles. The van der Waals surface area contributed by atoms with Crippen LogP contribution in [0.4, 0.5) is 8.78 Å². The van der Waals surface area contributed by atoms with E-state index >= 15 is 0 Å². The second kappa shape index (κ2) is 9.65. The maximum atomic E-state index is 12.5. The molecule has 156 valence electrons. The summed E-state index contributed by atoms with van der Waals surface area (Å²) in [6.07, 6.45) is 3.31. The Hall–Kier alpha value is -2.74. The molecule has 2 heterocycles. The fourth-order valence-corrected chi connectivity index (χ4v) is 3.86. The number of benzene rings is 1. The van der Waals surface area contributed by atoms with Gasteiger partial charge in [0.15, 0.2) is 0 Å². The number of nitrogens with zero attached hydrogens (tertiary/aromatic N) is 2. The van der Waals surface area contributed by atoms with Crippen molar-refractivity contribution in [1.29, 1.82) is 0 Å². The number of ether oxygens (including phenoxy) is 3. The van der Waals surface area contributed by atoms with E-state index in [2.05, 4.69) is 9.72 Å². The lowest BCUT2D eigenvalue weighted by Crippen LogP contribution is -2.42. The molecule has 2 aromatic rings. The van der Waals surface area contributed by atoms with Crippen molar-refractivity contribution < 1.29 is 27.8 Å². The number of hydrogen-bond acceptors (Lipinski definition) is 6. The van der Waals surface area contributed by atoms with Crippen molar-refractivity contribution in [1.82, 2.24) is 9.88 Å². The molecular weight excluding hydrogens is 382 g/mol. The van der Waals surface area contributed by atoms with Crippen molar-refractivity contribution in [3.05, 3.63) is 47.7 Å². The van der Waals surface area contributed by atoms with Crippen molar-refractivity contribution in [3.8, 4) is 17.4 Å². The van der Waals surface area contributed by atoms with Crippen LogP contribution in [-0.2, 0) is 11.3 Å². The number of halogens is 2. The molecule has 1 aliphatic heterocycles. The molecule has 29 heavy (non-hydrogen) atoms. The molecule has 2 atom stereocenters. The van der Waals surface area contributed by atoms with Crippen LogP contribution in [0.3, 0.4) is 0 Å². The predicted octanol–water partition coefficient (Wildman–Crippen LogP) is 3.99. The van der Waals surface area contributed by atoms with Crippen LogP contribution < -0.4 is 14.2 Å². The molecule has 2 unspecified atom stereocenters. The first-order chi connectivity index (χ1) is 14.1. The van der Waals surface area contributed by atoms with Crippen LogP contribution in [0.1, 0.15) is 36.6 Å². The van der Waals surface area contributed by atoms with E-state index in [0.717, 1.165) is 24.7 Å². The summed E-state index contributed by atoms with van der Waals surface area (Å²) in [5, 5.41) is 0. The highest BCUT2D eigenvalue weighted by Crippen LogP contribution is 2.43. The van der Waals surface area contributed by atoms with E-state index in [-0.39, 0.29) is 18.0 Å². The van der Waals surface area contributed by atoms with Crippen molar-refractivity contribution in [2.75, 3.05) is 14.2 Å². The SMILES string of the molecule is COc1cccc(OC)c1C1CCCC(C=O)N1Cc1cccc(OC(F)F)n1. The summed E-state index contributed by atoms with van der Waals surface area (Å²) in [6.45, 7) is -2.64. The largest absolute Gasteiger partial charge is 0.496 e. The topological polar surface area (TPSA) is 60.9 Å². The quantitative estimate of drug-likeness (QED) is 0.618. The van der Waals surface area contributed by atoms with Gasteiger partial charge in [0.25, 0.3) is 0 Å². The molecule has 1 fully saturated rings. The molecule has 0 radical (unpaired) electrons. The molecule has 0 amide bonds. The third kappa shape index (κ3) is 4.82. The van der Waals surface area contributed by atoms with Gasteiger partial charge in [0.1, 0.15) is 17.8 Å². The molecule has 0 spiro atoms. The predicted molar refractivity (Wildman–Crippen MR) is 102 cm³/mol. The number of aldehydes is 1. The highest BCUT2D eigenvalue weighted by Gasteiger charge is 2.35. The minimum Gasteiger partial charge on any atom is -0.496 e. The van der Waals surface area contributed by atoms with E-state index in [1.54, 1.807) is 26.4 Å². The van der Waals surface area contributed by atoms with Crippen molar-refractivity contribution >= 4 is 6.29 Å². The van der Waals surface area contributed by atoms with E-state index in [4.69, 9.17) is 9.47 Å². The van der Waals surface area contributed by atoms with Gasteiger partial charge in [0.2, 0.25) is 5.88 Å². The van der Waals surface area contributed by atoms with Crippen LogP contribution in [-0.4, -0.2) is 43.0 Å². The Labute approximate surface area is 168 Å². The van der Waals surface area contributed by atoms with Crippen LogP contribution in [0.15, 0.2) is 36.4 Å². The number of piperidine rings is 1. The van der Waals surface area contributed by atoms with Gasteiger partial charge in [-0.05, 0) is 37.5 Å². The van der Waals surface area contributed by atoms with Crippen molar-refractivity contribution in [2.45, 2.75) is 44.5 Å². The van der Waals surface area contributed by atoms with Gasteiger partial charge in [-0.25, -0.2) is 4.98 Å². The lowest BCUT2D eigenvalue weighted by molar-refractivity contribution is -0.115. The lowest BCUT2D eigenvalue weighted by Gasteiger charge is -2.40. The van der Waals surface area contributed by atoms with Crippen LogP contribution in [0.25, 0.3) is 0 Å². The molecule has 3 rings (SSSR count). The summed E-state index contributed by atoms with van der Waals surface area (Å²) in [5.74, 6) is 1.20. The summed E-state index contributed by atoms with van der Waals surface area (Å²) in [6, 6.07) is 9.80. The Balaban J connectivity index is 1.97. The van der Waals surface area contributed by atoms with E-state index in [1.807, 2.05) is 23.1 Å². The van der Waals surface area contributed by atoms with Crippen molar-refractivity contribution in [2.24, 2.45) is 0 Å². The molecule has 6 nitrogen and oxygen atoms in total. The normalized spacial score (nSPS) is 19.8. The number of alkyl halides is 2. The number of hydrogen-bond donors (Lipinski definition) is 0. The zero-order valence-corrected chi connectivity index (χ0v) is 16.4. The zero-order valence-electron chi connectivity index (χ0n) is 16.4. The first-order valence-corrected chi connectivity index (χ1v) is 9.40. The minimum absolute atomic E-state index is 0.147. The van der Waals surface area contributed by atoms with E-state index in [9.17, 15) is 13.6 Å². The minimum atomic E-state index is -2.94. The van der Waals surface area contributed by atoms with Crippen LogP contribution in [0, 0.1) is 0 Å². The fourth-order valence-electron chi connectivity index (χ4n) is 3.86. The molecule has 1 aliphatic rings. The summed E-state index contributed by atoms with van der Waals surface area (Å²) < 4.78 is 40.6. The lowest BCUT2D eigenvalue weighted by atomic mass is 9.90. The number of carbonyl (C=O) groups is 1.